The fraction of sp³-hybridized carbons (Fsp3) is 0.667. The first kappa shape index (κ1) is 59.6. The molecule has 0 spiro atoms. The number of nitrogens with one attached hydrogen (secondary N) is 2. The van der Waals surface area contributed by atoms with Gasteiger partial charge in [0.05, 0.1) is 0 Å². The SMILES string of the molecule is NCCC[Si]12O[Si]3(CCCN)O[Si]4(CCCN)O[Si](CCCN)(O1)O[Si]1(CCCN)O[Si](CCCN)(O2)O[Si](CCCN)(O3)O[Si](CCCNC(=O)[C@H](CS)NC(=O)OCC2c3ccccc3-c3ccccc32)(O4)O1. The maximum Gasteiger partial charge on any atom is 0.478 e. The molecule has 1 atom stereocenters. The first-order valence-electron chi connectivity index (χ1n) is 26.5. The second kappa shape index (κ2) is 26.0. The predicted molar refractivity (Wildman–Crippen MR) is 297 cm³/mol. The third-order valence-corrected chi connectivity index (χ3v) is 51.6. The number of carbonyl (C=O) groups excluding carboxylic acids is 2. The molecule has 9 rings (SSSR count). The van der Waals surface area contributed by atoms with Crippen molar-refractivity contribution >= 4 is 95.1 Å². The summed E-state index contributed by atoms with van der Waals surface area (Å²) in [5.41, 5.74) is 48.3. The largest absolute Gasteiger partial charge is 0.478 e. The van der Waals surface area contributed by atoms with Crippen LogP contribution in [0, 0.1) is 0 Å². The Hall–Kier alpha value is -1.49. The van der Waals surface area contributed by atoms with E-state index in [1.54, 1.807) is 0 Å². The highest BCUT2D eigenvalue weighted by molar-refractivity contribution is 7.80. The normalized spacial score (nSPS) is 32.9. The van der Waals surface area contributed by atoms with E-state index in [0.29, 0.717) is 44.9 Å². The van der Waals surface area contributed by atoms with Gasteiger partial charge in [0.1, 0.15) is 12.6 Å². The minimum absolute atomic E-state index is 0.00810. The van der Waals surface area contributed by atoms with Crippen molar-refractivity contribution in [2.45, 2.75) is 112 Å². The van der Waals surface area contributed by atoms with E-state index in [1.807, 2.05) is 36.4 Å². The van der Waals surface area contributed by atoms with E-state index >= 15 is 0 Å². The fourth-order valence-corrected chi connectivity index (χ4v) is 61.3. The number of hydrogen-bond acceptors (Lipinski definition) is 23. The van der Waals surface area contributed by atoms with Gasteiger partial charge in [-0.15, -0.1) is 0 Å². The van der Waals surface area contributed by atoms with Crippen LogP contribution in [0.2, 0.25) is 48.4 Å². The molecular weight excluding hydrogens is 1130 g/mol. The average molecular weight is 1210 g/mol. The Labute approximate surface area is 454 Å². The van der Waals surface area contributed by atoms with E-state index in [9.17, 15) is 9.59 Å². The number of rotatable bonds is 30. The number of ether oxygens (including phenoxy) is 1. The number of amides is 2. The van der Waals surface area contributed by atoms with Crippen molar-refractivity contribution in [1.82, 2.24) is 10.6 Å². The van der Waals surface area contributed by atoms with Gasteiger partial charge in [-0.2, -0.15) is 12.6 Å². The summed E-state index contributed by atoms with van der Waals surface area (Å²) < 4.78 is 96.8. The van der Waals surface area contributed by atoms with Crippen molar-refractivity contribution in [3.05, 3.63) is 59.7 Å². The second-order valence-electron chi connectivity index (χ2n) is 19.5. The van der Waals surface area contributed by atoms with Crippen molar-refractivity contribution in [3.63, 3.8) is 0 Å². The van der Waals surface area contributed by atoms with Crippen LogP contribution in [0.1, 0.15) is 68.4 Å². The van der Waals surface area contributed by atoms with Crippen molar-refractivity contribution in [3.8, 4) is 11.1 Å². The van der Waals surface area contributed by atoms with E-state index in [0.717, 1.165) is 22.3 Å². The van der Waals surface area contributed by atoms with Gasteiger partial charge in [0.15, 0.2) is 0 Å². The first-order chi connectivity index (χ1) is 36.2. The summed E-state index contributed by atoms with van der Waals surface area (Å²) >= 11 is 4.44. The standard InChI is InChI=1S/C42H79N9O15SSi8/c43-17-5-25-68-55-69(26-6-18-44)58-72(29-9-21-47)60-70(56-68,27-7-19-45)62-74(31-11-23-49)63-71(57-68,28-8-20-46)61-73(59-69,30-10-22-48)65-75(64-72,66-74)32-12-24-50-41(52)40(34-67)51-42(53)54-33-39-37-15-3-1-13-35(37)36-14-2-4-16-38(36)39/h1-4,13-16,39-40,67H,5-12,17-34,43-49H2,(H,50,52)(H,51,53)/t40-,68?,69?,70?,71?,72?,73?,74?,75?/m0/s1. The molecule has 6 heterocycles. The third kappa shape index (κ3) is 13.6. The Bertz CT molecular complexity index is 2070. The smallest absolute Gasteiger partial charge is 0.449 e. The number of alkyl carbamates (subject to hydrolysis) is 1. The van der Waals surface area contributed by atoms with Crippen LogP contribution in [0.5, 0.6) is 0 Å². The summed E-state index contributed by atoms with van der Waals surface area (Å²) in [5.74, 6) is -0.649. The Kier molecular flexibility index (Phi) is 20.6. The van der Waals surface area contributed by atoms with E-state index < -0.39 is 88.5 Å². The number of nitrogens with two attached hydrogens (primary N) is 7. The maximum absolute atomic E-state index is 13.9. The predicted octanol–water partition coefficient (Wildman–Crippen LogP) is 1.55. The van der Waals surface area contributed by atoms with Crippen LogP contribution in [-0.2, 0) is 58.9 Å². The Balaban J connectivity index is 1.13. The minimum atomic E-state index is -4.38. The molecule has 16 N–H and O–H groups in total. The van der Waals surface area contributed by atoms with Crippen LogP contribution in [0.15, 0.2) is 48.5 Å². The van der Waals surface area contributed by atoms with Gasteiger partial charge in [0, 0.05) is 66.6 Å². The lowest BCUT2D eigenvalue weighted by atomic mass is 9.98. The molecule has 420 valence electrons. The van der Waals surface area contributed by atoms with Gasteiger partial charge >= 0.3 is 76.5 Å². The molecule has 2 aromatic rings. The Morgan fingerprint density at radius 3 is 1.03 bits per heavy atom. The molecule has 8 bridgehead atoms. The van der Waals surface area contributed by atoms with Gasteiger partial charge in [-0.1, -0.05) is 48.5 Å². The number of fused-ring (bicyclic) bond motifs is 3. The third-order valence-electron chi connectivity index (χ3n) is 13.6. The minimum Gasteiger partial charge on any atom is -0.449 e. The summed E-state index contributed by atoms with van der Waals surface area (Å²) in [6, 6.07) is 16.6. The molecule has 2 amide bonds. The van der Waals surface area contributed by atoms with Crippen LogP contribution in [0.4, 0.5) is 4.79 Å². The van der Waals surface area contributed by atoms with E-state index in [4.69, 9.17) is 94.3 Å². The molecule has 0 saturated carbocycles. The molecule has 2 aromatic carbocycles. The lowest BCUT2D eigenvalue weighted by molar-refractivity contribution is -0.122. The molecule has 24 nitrogen and oxygen atoms in total. The molecule has 7 aliphatic rings. The number of thiol groups is 1. The molecule has 1 aliphatic carbocycles. The summed E-state index contributed by atoms with van der Waals surface area (Å²) in [5, 5.41) is 5.69. The lowest BCUT2D eigenvalue weighted by Crippen LogP contribution is -2.88. The van der Waals surface area contributed by atoms with E-state index in [2.05, 4.69) is 35.4 Å². The zero-order chi connectivity index (χ0) is 53.3. The van der Waals surface area contributed by atoms with E-state index in [-0.39, 0.29) is 125 Å². The van der Waals surface area contributed by atoms with Gasteiger partial charge in [-0.25, -0.2) is 4.79 Å². The van der Waals surface area contributed by atoms with Crippen LogP contribution in [-0.4, -0.2) is 153 Å². The molecule has 6 fully saturated rings. The molecule has 0 unspecified atom stereocenters. The molecular formula is C42H79N9O15SSi8. The monoisotopic (exact) mass is 1210 g/mol. The molecule has 33 heteroatoms. The number of benzene rings is 2. The van der Waals surface area contributed by atoms with E-state index in [1.165, 1.54) is 0 Å². The molecule has 6 saturated heterocycles. The maximum atomic E-state index is 13.9. The summed E-state index contributed by atoms with van der Waals surface area (Å²) in [4.78, 5) is 27.3. The van der Waals surface area contributed by atoms with Gasteiger partial charge in [-0.05, 0) is 119 Å². The highest BCUT2D eigenvalue weighted by Crippen LogP contribution is 2.55. The zero-order valence-corrected chi connectivity index (χ0v) is 51.7. The summed E-state index contributed by atoms with van der Waals surface area (Å²) in [6.07, 6.45) is 2.39. The van der Waals surface area contributed by atoms with Crippen LogP contribution >= 0.6 is 12.6 Å². The van der Waals surface area contributed by atoms with Crippen molar-refractivity contribution in [1.29, 1.82) is 0 Å². The molecule has 75 heavy (non-hydrogen) atoms. The van der Waals surface area contributed by atoms with Crippen LogP contribution in [0.3, 0.4) is 0 Å². The molecule has 0 aromatic heterocycles. The topological polar surface area (TPSA) is 360 Å². The Morgan fingerprint density at radius 1 is 0.467 bits per heavy atom. The van der Waals surface area contributed by atoms with Crippen LogP contribution < -0.4 is 50.8 Å². The first-order valence-corrected chi connectivity index (χ1v) is 42.6. The molecule has 6 aliphatic heterocycles. The van der Waals surface area contributed by atoms with Crippen LogP contribution in [0.25, 0.3) is 11.1 Å². The zero-order valence-electron chi connectivity index (χ0n) is 42.8. The summed E-state index contributed by atoms with van der Waals surface area (Å²) in [7, 11) is -34.0. The highest BCUT2D eigenvalue weighted by atomic mass is 32.1. The fourth-order valence-electron chi connectivity index (χ4n) is 10.4. The number of carbonyl (C=O) groups is 2. The van der Waals surface area contributed by atoms with Gasteiger partial charge < -0.3 is 105 Å². The molecule has 0 radical (unpaired) electrons. The van der Waals surface area contributed by atoms with Gasteiger partial charge in [0.2, 0.25) is 5.91 Å². The summed E-state index contributed by atoms with van der Waals surface area (Å²) in [6.45, 7) is 2.04. The lowest BCUT2D eigenvalue weighted by Gasteiger charge is -2.63. The van der Waals surface area contributed by atoms with Crippen molar-refractivity contribution in [2.24, 2.45) is 40.1 Å². The van der Waals surface area contributed by atoms with Gasteiger partial charge in [-0.3, -0.25) is 4.79 Å². The average Bonchev–Trinajstić information content (AvgIpc) is 3.70. The highest BCUT2D eigenvalue weighted by Gasteiger charge is 2.82. The Morgan fingerprint density at radius 2 is 0.747 bits per heavy atom. The van der Waals surface area contributed by atoms with Crippen molar-refractivity contribution < 1.29 is 63.7 Å². The van der Waals surface area contributed by atoms with Crippen molar-refractivity contribution in [2.75, 3.05) is 64.7 Å². The quantitative estimate of drug-likeness (QED) is 0.0301. The number of hydrogen-bond donors (Lipinski definition) is 10. The second-order valence-corrected chi connectivity index (χ2v) is 44.6. The van der Waals surface area contributed by atoms with Gasteiger partial charge in [0.25, 0.3) is 0 Å².